The van der Waals surface area contributed by atoms with Crippen LogP contribution in [0, 0.1) is 0 Å². The SMILES string of the molecule is C[C@H](O)[C@@H]1O[C@@H](Oc2cc3oc(-c4ccccc4)cc(=O)c3c(O)c2O)[C@@H](O)[C@H]1O. The van der Waals surface area contributed by atoms with Gasteiger partial charge in [-0.3, -0.25) is 4.79 Å². The summed E-state index contributed by atoms with van der Waals surface area (Å²) in [5.74, 6) is -1.61. The molecule has 30 heavy (non-hydrogen) atoms. The third kappa shape index (κ3) is 3.37. The second-order valence-corrected chi connectivity index (χ2v) is 7.09. The fourth-order valence-corrected chi connectivity index (χ4v) is 3.40. The molecule has 1 fully saturated rings. The normalized spacial score (nSPS) is 24.8. The van der Waals surface area contributed by atoms with Crippen LogP contribution in [0.15, 0.2) is 51.7 Å². The first-order valence-corrected chi connectivity index (χ1v) is 9.22. The summed E-state index contributed by atoms with van der Waals surface area (Å²) >= 11 is 0. The quantitative estimate of drug-likeness (QED) is 0.394. The summed E-state index contributed by atoms with van der Waals surface area (Å²) in [7, 11) is 0. The molecule has 1 aromatic heterocycles. The van der Waals surface area contributed by atoms with Gasteiger partial charge >= 0.3 is 0 Å². The van der Waals surface area contributed by atoms with Gasteiger partial charge in [0, 0.05) is 17.7 Å². The second-order valence-electron chi connectivity index (χ2n) is 7.09. The van der Waals surface area contributed by atoms with Crippen LogP contribution >= 0.6 is 0 Å². The Kier molecular flexibility index (Phi) is 5.12. The molecule has 4 rings (SSSR count). The maximum Gasteiger partial charge on any atom is 0.229 e. The predicted molar refractivity (Wildman–Crippen MR) is 104 cm³/mol. The molecule has 0 amide bonds. The summed E-state index contributed by atoms with van der Waals surface area (Å²) in [5, 5.41) is 50.1. The highest BCUT2D eigenvalue weighted by molar-refractivity contribution is 5.89. The predicted octanol–water partition coefficient (Wildman–Crippen LogP) is 1.08. The Balaban J connectivity index is 1.76. The van der Waals surface area contributed by atoms with E-state index < -0.39 is 47.6 Å². The van der Waals surface area contributed by atoms with Gasteiger partial charge in [-0.1, -0.05) is 30.3 Å². The topological polar surface area (TPSA) is 150 Å². The fraction of sp³-hybridized carbons (Fsp3) is 0.286. The summed E-state index contributed by atoms with van der Waals surface area (Å²) in [6.07, 6.45) is -6.58. The Morgan fingerprint density at radius 2 is 1.73 bits per heavy atom. The van der Waals surface area contributed by atoms with Gasteiger partial charge in [-0.05, 0) is 6.92 Å². The van der Waals surface area contributed by atoms with Crippen molar-refractivity contribution in [2.45, 2.75) is 37.6 Å². The van der Waals surface area contributed by atoms with Gasteiger partial charge in [0.1, 0.15) is 35.0 Å². The third-order valence-electron chi connectivity index (χ3n) is 4.97. The Morgan fingerprint density at radius 3 is 2.37 bits per heavy atom. The van der Waals surface area contributed by atoms with Crippen molar-refractivity contribution in [3.8, 4) is 28.6 Å². The van der Waals surface area contributed by atoms with Crippen LogP contribution in [0.5, 0.6) is 17.2 Å². The molecule has 1 saturated heterocycles. The van der Waals surface area contributed by atoms with E-state index in [2.05, 4.69) is 0 Å². The number of aliphatic hydroxyl groups excluding tert-OH is 3. The molecule has 0 spiro atoms. The first kappa shape index (κ1) is 20.2. The first-order valence-electron chi connectivity index (χ1n) is 9.22. The van der Waals surface area contributed by atoms with Crippen molar-refractivity contribution in [1.82, 2.24) is 0 Å². The Morgan fingerprint density at radius 1 is 1.03 bits per heavy atom. The number of benzene rings is 2. The van der Waals surface area contributed by atoms with Crippen molar-refractivity contribution in [3.05, 3.63) is 52.7 Å². The maximum atomic E-state index is 12.5. The zero-order chi connectivity index (χ0) is 21.6. The number of hydrogen-bond acceptors (Lipinski definition) is 9. The summed E-state index contributed by atoms with van der Waals surface area (Å²) in [6.45, 7) is 1.38. The highest BCUT2D eigenvalue weighted by Crippen LogP contribution is 2.42. The molecule has 0 bridgehead atoms. The summed E-state index contributed by atoms with van der Waals surface area (Å²) in [4.78, 5) is 12.5. The highest BCUT2D eigenvalue weighted by atomic mass is 16.7. The Bertz CT molecular complexity index is 1120. The summed E-state index contributed by atoms with van der Waals surface area (Å²) in [6, 6.07) is 11.2. The molecule has 2 aromatic carbocycles. The molecule has 3 aromatic rings. The molecule has 9 heteroatoms. The van der Waals surface area contributed by atoms with Crippen molar-refractivity contribution in [2.24, 2.45) is 0 Å². The van der Waals surface area contributed by atoms with Gasteiger partial charge in [0.15, 0.2) is 16.9 Å². The average molecular weight is 416 g/mol. The molecule has 1 aliphatic rings. The van der Waals surface area contributed by atoms with E-state index in [-0.39, 0.29) is 22.5 Å². The molecular formula is C21H20O9. The van der Waals surface area contributed by atoms with E-state index in [4.69, 9.17) is 13.9 Å². The van der Waals surface area contributed by atoms with Crippen molar-refractivity contribution < 1.29 is 39.4 Å². The molecule has 9 nitrogen and oxygen atoms in total. The van der Waals surface area contributed by atoms with Gasteiger partial charge in [0.05, 0.1) is 6.10 Å². The van der Waals surface area contributed by atoms with E-state index in [0.29, 0.717) is 5.56 Å². The van der Waals surface area contributed by atoms with Crippen LogP contribution in [-0.2, 0) is 4.74 Å². The minimum Gasteiger partial charge on any atom is -0.504 e. The lowest BCUT2D eigenvalue weighted by atomic mass is 10.1. The Labute approximate surface area is 170 Å². The molecule has 0 unspecified atom stereocenters. The molecule has 1 aliphatic heterocycles. The number of fused-ring (bicyclic) bond motifs is 1. The fourth-order valence-electron chi connectivity index (χ4n) is 3.40. The monoisotopic (exact) mass is 416 g/mol. The van der Waals surface area contributed by atoms with Gasteiger partial charge in [-0.15, -0.1) is 0 Å². The smallest absolute Gasteiger partial charge is 0.229 e. The number of rotatable bonds is 4. The van der Waals surface area contributed by atoms with Crippen LogP contribution < -0.4 is 10.2 Å². The van der Waals surface area contributed by atoms with Crippen molar-refractivity contribution >= 4 is 11.0 Å². The van der Waals surface area contributed by atoms with Gasteiger partial charge in [0.25, 0.3) is 0 Å². The largest absolute Gasteiger partial charge is 0.504 e. The standard InChI is InChI=1S/C21H20O9/c1-9(22)20-18(26)19(27)21(30-20)29-14-8-13-15(17(25)16(14)24)11(23)7-12(28-13)10-5-3-2-4-6-10/h2-9,18-22,24-27H,1H3/t9-,18+,19-,20-,21+/m0/s1. The summed E-state index contributed by atoms with van der Waals surface area (Å²) < 4.78 is 16.5. The van der Waals surface area contributed by atoms with E-state index >= 15 is 0 Å². The lowest BCUT2D eigenvalue weighted by molar-refractivity contribution is -0.129. The van der Waals surface area contributed by atoms with E-state index in [1.165, 1.54) is 19.1 Å². The second kappa shape index (κ2) is 7.62. The van der Waals surface area contributed by atoms with Crippen molar-refractivity contribution in [2.75, 3.05) is 0 Å². The van der Waals surface area contributed by atoms with Crippen LogP contribution in [-0.4, -0.2) is 56.2 Å². The lowest BCUT2D eigenvalue weighted by Crippen LogP contribution is -2.38. The zero-order valence-corrected chi connectivity index (χ0v) is 15.8. The van der Waals surface area contributed by atoms with Crippen LogP contribution in [0.3, 0.4) is 0 Å². The van der Waals surface area contributed by atoms with Crippen LogP contribution in [0.2, 0.25) is 0 Å². The minimum atomic E-state index is -1.52. The third-order valence-corrected chi connectivity index (χ3v) is 4.97. The molecular weight excluding hydrogens is 396 g/mol. The van der Waals surface area contributed by atoms with Crippen molar-refractivity contribution in [3.63, 3.8) is 0 Å². The molecule has 2 heterocycles. The van der Waals surface area contributed by atoms with E-state index in [1.807, 2.05) is 0 Å². The van der Waals surface area contributed by atoms with E-state index in [0.717, 1.165) is 0 Å². The van der Waals surface area contributed by atoms with Crippen molar-refractivity contribution in [1.29, 1.82) is 0 Å². The first-order chi connectivity index (χ1) is 14.3. The Hall–Kier alpha value is -3.11. The number of hydrogen-bond donors (Lipinski definition) is 5. The number of aromatic hydroxyl groups is 2. The number of ether oxygens (including phenoxy) is 2. The van der Waals surface area contributed by atoms with Gasteiger partial charge in [-0.2, -0.15) is 0 Å². The van der Waals surface area contributed by atoms with Gasteiger partial charge < -0.3 is 39.4 Å². The van der Waals surface area contributed by atoms with E-state index in [1.54, 1.807) is 30.3 Å². The lowest BCUT2D eigenvalue weighted by Gasteiger charge is -2.19. The van der Waals surface area contributed by atoms with Crippen LogP contribution in [0.25, 0.3) is 22.3 Å². The van der Waals surface area contributed by atoms with Crippen LogP contribution in [0.1, 0.15) is 6.92 Å². The number of phenols is 2. The molecule has 0 saturated carbocycles. The summed E-state index contributed by atoms with van der Waals surface area (Å²) in [5.41, 5.74) is -0.00746. The molecule has 0 aliphatic carbocycles. The maximum absolute atomic E-state index is 12.5. The van der Waals surface area contributed by atoms with Gasteiger partial charge in [0.2, 0.25) is 12.0 Å². The van der Waals surface area contributed by atoms with E-state index in [9.17, 15) is 30.3 Å². The average Bonchev–Trinajstić information content (AvgIpc) is 3.00. The number of phenolic OH excluding ortho intramolecular Hbond substituents is 2. The minimum absolute atomic E-state index is 0.0632. The number of aliphatic hydroxyl groups is 3. The van der Waals surface area contributed by atoms with Crippen LogP contribution in [0.4, 0.5) is 0 Å². The highest BCUT2D eigenvalue weighted by Gasteiger charge is 2.46. The van der Waals surface area contributed by atoms with Gasteiger partial charge in [-0.25, -0.2) is 0 Å². The molecule has 158 valence electrons. The molecule has 5 N–H and O–H groups in total. The molecule has 0 radical (unpaired) electrons. The molecule has 5 atom stereocenters. The zero-order valence-electron chi connectivity index (χ0n) is 15.8.